The molecule has 2 N–H and O–H groups in total. The molecule has 0 amide bonds. The van der Waals surface area contributed by atoms with E-state index in [0.29, 0.717) is 5.92 Å². The second kappa shape index (κ2) is 4.85. The number of allylic oxidation sites excluding steroid dienone is 5. The van der Waals surface area contributed by atoms with Gasteiger partial charge in [0.2, 0.25) is 0 Å². The van der Waals surface area contributed by atoms with Crippen LogP contribution in [0.4, 0.5) is 0 Å². The third kappa shape index (κ3) is 2.38. The zero-order valence-corrected chi connectivity index (χ0v) is 9.09. The minimum absolute atomic E-state index is 0.538. The van der Waals surface area contributed by atoms with E-state index in [0.717, 1.165) is 24.1 Å². The quantitative estimate of drug-likeness (QED) is 0.677. The van der Waals surface area contributed by atoms with Crippen LogP contribution in [0.5, 0.6) is 0 Å². The topological polar surface area (TPSA) is 26.0 Å². The summed E-state index contributed by atoms with van der Waals surface area (Å²) in [6.07, 6.45) is 10.5. The first-order chi connectivity index (χ1) is 6.66. The van der Waals surface area contributed by atoms with Crippen LogP contribution < -0.4 is 5.73 Å². The van der Waals surface area contributed by atoms with Crippen molar-refractivity contribution < 1.29 is 0 Å². The Balaban J connectivity index is 2.83. The number of rotatable bonds is 3. The monoisotopic (exact) mass is 189 g/mol. The number of hydrogen-bond acceptors (Lipinski definition) is 1. The molecule has 0 saturated heterocycles. The predicted octanol–water partition coefficient (Wildman–Crippen LogP) is 3.32. The van der Waals surface area contributed by atoms with Crippen molar-refractivity contribution in [3.05, 3.63) is 47.7 Å². The van der Waals surface area contributed by atoms with Crippen LogP contribution in [0.1, 0.15) is 26.7 Å². The molecular formula is C13H19N. The maximum Gasteiger partial charge on any atom is 0.0343 e. The van der Waals surface area contributed by atoms with Gasteiger partial charge in [0.1, 0.15) is 0 Å². The Hall–Kier alpha value is -1.24. The third-order valence-electron chi connectivity index (χ3n) is 2.55. The summed E-state index contributed by atoms with van der Waals surface area (Å²) in [4.78, 5) is 0. The smallest absolute Gasteiger partial charge is 0.0343 e. The summed E-state index contributed by atoms with van der Waals surface area (Å²) in [5.41, 5.74) is 9.00. The molecule has 0 heterocycles. The van der Waals surface area contributed by atoms with Crippen molar-refractivity contribution in [3.63, 3.8) is 0 Å². The van der Waals surface area contributed by atoms with Crippen LogP contribution in [0.25, 0.3) is 0 Å². The average molecular weight is 189 g/mol. The van der Waals surface area contributed by atoms with E-state index < -0.39 is 0 Å². The standard InChI is InChI=1S/C13H19N/c1-4-7-13(14)11(3)12-9-6-5-8-10(12)2/h5-7,9-10H,3-4,8,14H2,1-2H3/b13-7-. The lowest BCUT2D eigenvalue weighted by Crippen LogP contribution is -2.09. The Bertz CT molecular complexity index is 305. The van der Waals surface area contributed by atoms with Gasteiger partial charge in [-0.2, -0.15) is 0 Å². The fourth-order valence-electron chi connectivity index (χ4n) is 1.65. The molecular weight excluding hydrogens is 170 g/mol. The van der Waals surface area contributed by atoms with Crippen molar-refractivity contribution in [3.8, 4) is 0 Å². The molecule has 0 aromatic rings. The van der Waals surface area contributed by atoms with Gasteiger partial charge in [-0.3, -0.25) is 0 Å². The average Bonchev–Trinajstić information content (AvgIpc) is 2.18. The van der Waals surface area contributed by atoms with Crippen molar-refractivity contribution in [2.45, 2.75) is 26.7 Å². The van der Waals surface area contributed by atoms with Gasteiger partial charge in [-0.1, -0.05) is 44.7 Å². The van der Waals surface area contributed by atoms with E-state index in [2.05, 4.69) is 38.7 Å². The van der Waals surface area contributed by atoms with E-state index >= 15 is 0 Å². The Morgan fingerprint density at radius 1 is 1.71 bits per heavy atom. The highest BCUT2D eigenvalue weighted by Gasteiger charge is 2.13. The molecule has 1 rings (SSSR count). The SMILES string of the molecule is C=C(C1=CC=CCC1C)/C(N)=C/CC. The highest BCUT2D eigenvalue weighted by molar-refractivity contribution is 5.46. The fraction of sp³-hybridized carbons (Fsp3) is 0.385. The van der Waals surface area contributed by atoms with Gasteiger partial charge in [-0.05, 0) is 29.9 Å². The second-order valence-corrected chi connectivity index (χ2v) is 3.73. The lowest BCUT2D eigenvalue weighted by Gasteiger charge is -2.19. The summed E-state index contributed by atoms with van der Waals surface area (Å²) >= 11 is 0. The van der Waals surface area contributed by atoms with Gasteiger partial charge in [0.25, 0.3) is 0 Å². The zero-order valence-electron chi connectivity index (χ0n) is 9.09. The van der Waals surface area contributed by atoms with Gasteiger partial charge in [-0.25, -0.2) is 0 Å². The maximum atomic E-state index is 5.92. The van der Waals surface area contributed by atoms with Crippen molar-refractivity contribution in [2.75, 3.05) is 0 Å². The van der Waals surface area contributed by atoms with E-state index in [1.807, 2.05) is 6.08 Å². The van der Waals surface area contributed by atoms with E-state index in [1.54, 1.807) is 0 Å². The van der Waals surface area contributed by atoms with Crippen LogP contribution in [0, 0.1) is 5.92 Å². The molecule has 1 atom stereocenters. The maximum absolute atomic E-state index is 5.92. The molecule has 0 saturated carbocycles. The molecule has 0 fully saturated rings. The zero-order chi connectivity index (χ0) is 10.6. The van der Waals surface area contributed by atoms with Gasteiger partial charge in [0.05, 0.1) is 0 Å². The molecule has 0 radical (unpaired) electrons. The van der Waals surface area contributed by atoms with E-state index in [9.17, 15) is 0 Å². The fourth-order valence-corrected chi connectivity index (χ4v) is 1.65. The third-order valence-corrected chi connectivity index (χ3v) is 2.55. The van der Waals surface area contributed by atoms with Crippen LogP contribution in [-0.4, -0.2) is 0 Å². The molecule has 1 aliphatic carbocycles. The summed E-state index contributed by atoms with van der Waals surface area (Å²) < 4.78 is 0. The molecule has 1 unspecified atom stereocenters. The Morgan fingerprint density at radius 3 is 3.00 bits per heavy atom. The van der Waals surface area contributed by atoms with Crippen LogP contribution in [0.15, 0.2) is 47.7 Å². The number of nitrogens with two attached hydrogens (primary N) is 1. The summed E-state index contributed by atoms with van der Waals surface area (Å²) in [5.74, 6) is 0.538. The van der Waals surface area contributed by atoms with Crippen molar-refractivity contribution in [2.24, 2.45) is 11.7 Å². The van der Waals surface area contributed by atoms with Crippen LogP contribution in [-0.2, 0) is 0 Å². The normalized spacial score (nSPS) is 22.0. The molecule has 1 heteroatoms. The second-order valence-electron chi connectivity index (χ2n) is 3.73. The predicted molar refractivity (Wildman–Crippen MR) is 62.7 cm³/mol. The lowest BCUT2D eigenvalue weighted by molar-refractivity contribution is 0.695. The number of hydrogen-bond donors (Lipinski definition) is 1. The molecule has 0 spiro atoms. The first-order valence-electron chi connectivity index (χ1n) is 5.18. The van der Waals surface area contributed by atoms with Gasteiger partial charge in [0, 0.05) is 5.70 Å². The summed E-state index contributed by atoms with van der Waals surface area (Å²) in [6.45, 7) is 8.34. The van der Waals surface area contributed by atoms with Crippen molar-refractivity contribution >= 4 is 0 Å². The Kier molecular flexibility index (Phi) is 3.75. The molecule has 0 bridgehead atoms. The molecule has 14 heavy (non-hydrogen) atoms. The summed E-state index contributed by atoms with van der Waals surface area (Å²) in [6, 6.07) is 0. The Morgan fingerprint density at radius 2 is 2.43 bits per heavy atom. The largest absolute Gasteiger partial charge is 0.399 e. The van der Waals surface area contributed by atoms with Crippen LogP contribution in [0.3, 0.4) is 0 Å². The molecule has 0 aromatic heterocycles. The van der Waals surface area contributed by atoms with Gasteiger partial charge in [0.15, 0.2) is 0 Å². The van der Waals surface area contributed by atoms with Gasteiger partial charge < -0.3 is 5.73 Å². The summed E-state index contributed by atoms with van der Waals surface area (Å²) in [5, 5.41) is 0. The van der Waals surface area contributed by atoms with Crippen molar-refractivity contribution in [1.29, 1.82) is 0 Å². The molecule has 1 aliphatic rings. The molecule has 76 valence electrons. The Labute approximate surface area is 86.7 Å². The minimum Gasteiger partial charge on any atom is -0.399 e. The highest BCUT2D eigenvalue weighted by Crippen LogP contribution is 2.27. The molecule has 0 aromatic carbocycles. The van der Waals surface area contributed by atoms with Crippen LogP contribution >= 0.6 is 0 Å². The minimum atomic E-state index is 0.538. The molecule has 1 nitrogen and oxygen atoms in total. The van der Waals surface area contributed by atoms with Gasteiger partial charge in [-0.15, -0.1) is 0 Å². The van der Waals surface area contributed by atoms with E-state index in [4.69, 9.17) is 5.73 Å². The van der Waals surface area contributed by atoms with Gasteiger partial charge >= 0.3 is 0 Å². The van der Waals surface area contributed by atoms with Crippen molar-refractivity contribution in [1.82, 2.24) is 0 Å². The first-order valence-corrected chi connectivity index (χ1v) is 5.18. The highest BCUT2D eigenvalue weighted by atomic mass is 14.6. The molecule has 0 aliphatic heterocycles. The van der Waals surface area contributed by atoms with E-state index in [1.165, 1.54) is 5.57 Å². The van der Waals surface area contributed by atoms with Crippen LogP contribution in [0.2, 0.25) is 0 Å². The first kappa shape index (κ1) is 10.8. The summed E-state index contributed by atoms with van der Waals surface area (Å²) in [7, 11) is 0. The lowest BCUT2D eigenvalue weighted by atomic mass is 9.87. The van der Waals surface area contributed by atoms with E-state index in [-0.39, 0.29) is 0 Å².